The molecule has 0 radical (unpaired) electrons. The van der Waals surface area contributed by atoms with Crippen molar-refractivity contribution in [3.8, 4) is 0 Å². The number of aromatic nitrogens is 1. The van der Waals surface area contributed by atoms with E-state index in [2.05, 4.69) is 9.71 Å². The highest BCUT2D eigenvalue weighted by Gasteiger charge is 2.14. The number of rotatable bonds is 5. The molecular formula is C9H13ClN2O2S2. The molecule has 0 spiro atoms. The van der Waals surface area contributed by atoms with Crippen LogP contribution in [-0.4, -0.2) is 31.5 Å². The van der Waals surface area contributed by atoms with Crippen molar-refractivity contribution in [3.63, 3.8) is 0 Å². The zero-order valence-electron chi connectivity index (χ0n) is 8.97. The van der Waals surface area contributed by atoms with Crippen molar-refractivity contribution in [2.24, 2.45) is 0 Å². The normalized spacial score (nSPS) is 13.7. The monoisotopic (exact) mass is 280 g/mol. The van der Waals surface area contributed by atoms with Gasteiger partial charge in [-0.05, 0) is 18.4 Å². The molecule has 0 saturated heterocycles. The first-order valence-electron chi connectivity index (χ1n) is 4.59. The average molecular weight is 281 g/mol. The van der Waals surface area contributed by atoms with E-state index in [9.17, 15) is 8.42 Å². The van der Waals surface area contributed by atoms with E-state index >= 15 is 0 Å². The number of hydrogen-bond donors (Lipinski definition) is 1. The minimum Gasteiger partial charge on any atom is -0.243 e. The second-order valence-electron chi connectivity index (χ2n) is 3.21. The molecule has 0 amide bonds. The summed E-state index contributed by atoms with van der Waals surface area (Å²) >= 11 is 7.18. The number of nitrogens with zero attached hydrogens (tertiary/aromatic N) is 1. The summed E-state index contributed by atoms with van der Waals surface area (Å²) < 4.78 is 26.0. The van der Waals surface area contributed by atoms with E-state index in [4.69, 9.17) is 11.6 Å². The zero-order chi connectivity index (χ0) is 12.2. The van der Waals surface area contributed by atoms with Gasteiger partial charge < -0.3 is 0 Å². The molecule has 4 nitrogen and oxygen atoms in total. The van der Waals surface area contributed by atoms with Crippen LogP contribution in [-0.2, 0) is 10.0 Å². The quantitative estimate of drug-likeness (QED) is 0.835. The highest BCUT2D eigenvalue weighted by Crippen LogP contribution is 2.11. The first-order chi connectivity index (χ1) is 7.45. The molecule has 1 rings (SSSR count). The zero-order valence-corrected chi connectivity index (χ0v) is 11.4. The fourth-order valence-electron chi connectivity index (χ4n) is 0.915. The minimum absolute atomic E-state index is 0.130. The Hall–Kier alpha value is -0.300. The summed E-state index contributed by atoms with van der Waals surface area (Å²) in [5.74, 6) is 0. The van der Waals surface area contributed by atoms with Crippen LogP contribution in [0.1, 0.15) is 6.92 Å². The molecule has 1 unspecified atom stereocenters. The lowest BCUT2D eigenvalue weighted by Crippen LogP contribution is -2.29. The molecule has 0 aliphatic rings. The molecule has 0 aliphatic carbocycles. The van der Waals surface area contributed by atoms with E-state index in [1.807, 2.05) is 13.2 Å². The smallest absolute Gasteiger partial charge is 0.242 e. The SMILES string of the molecule is CSC(C)CNS(=O)(=O)c1ccc(Cl)nc1. The Morgan fingerprint density at radius 1 is 1.56 bits per heavy atom. The highest BCUT2D eigenvalue weighted by atomic mass is 35.5. The third-order valence-corrected chi connectivity index (χ3v) is 4.58. The largest absolute Gasteiger partial charge is 0.243 e. The van der Waals surface area contributed by atoms with Gasteiger partial charge in [-0.2, -0.15) is 11.8 Å². The Morgan fingerprint density at radius 3 is 2.75 bits per heavy atom. The number of nitrogens with one attached hydrogen (secondary N) is 1. The van der Waals surface area contributed by atoms with Gasteiger partial charge in [-0.15, -0.1) is 0 Å². The predicted molar refractivity (Wildman–Crippen MR) is 67.4 cm³/mol. The van der Waals surface area contributed by atoms with Gasteiger partial charge in [0.2, 0.25) is 10.0 Å². The van der Waals surface area contributed by atoms with Gasteiger partial charge in [-0.25, -0.2) is 18.1 Å². The molecule has 0 fully saturated rings. The first-order valence-corrected chi connectivity index (χ1v) is 7.74. The molecule has 7 heteroatoms. The van der Waals surface area contributed by atoms with Crippen LogP contribution in [0.4, 0.5) is 0 Å². The van der Waals surface area contributed by atoms with Crippen LogP contribution in [0.15, 0.2) is 23.2 Å². The van der Waals surface area contributed by atoms with Gasteiger partial charge in [-0.1, -0.05) is 18.5 Å². The van der Waals surface area contributed by atoms with E-state index in [1.54, 1.807) is 11.8 Å². The lowest BCUT2D eigenvalue weighted by Gasteiger charge is -2.10. The molecule has 0 bridgehead atoms. The van der Waals surface area contributed by atoms with Crippen LogP contribution in [0.3, 0.4) is 0 Å². The number of halogens is 1. The van der Waals surface area contributed by atoms with Crippen LogP contribution in [0.25, 0.3) is 0 Å². The van der Waals surface area contributed by atoms with Crippen molar-refractivity contribution in [1.82, 2.24) is 9.71 Å². The Morgan fingerprint density at radius 2 is 2.25 bits per heavy atom. The maximum absolute atomic E-state index is 11.8. The first kappa shape index (κ1) is 13.8. The maximum atomic E-state index is 11.8. The summed E-state index contributed by atoms with van der Waals surface area (Å²) in [6.45, 7) is 2.35. The average Bonchev–Trinajstić information content (AvgIpc) is 2.26. The van der Waals surface area contributed by atoms with Crippen LogP contribution >= 0.6 is 23.4 Å². The number of hydrogen-bond acceptors (Lipinski definition) is 4. The van der Waals surface area contributed by atoms with Crippen molar-refractivity contribution in [3.05, 3.63) is 23.5 Å². The topological polar surface area (TPSA) is 59.1 Å². The minimum atomic E-state index is -3.47. The summed E-state index contributed by atoms with van der Waals surface area (Å²) in [6.07, 6.45) is 3.18. The van der Waals surface area contributed by atoms with Gasteiger partial charge in [0.05, 0.1) is 0 Å². The Labute approximate surface area is 105 Å². The fourth-order valence-corrected chi connectivity index (χ4v) is 2.46. The standard InChI is InChI=1S/C9H13ClN2O2S2/c1-7(15-2)5-12-16(13,14)8-3-4-9(10)11-6-8/h3-4,6-7,12H,5H2,1-2H3. The van der Waals surface area contributed by atoms with Crippen molar-refractivity contribution < 1.29 is 8.42 Å². The summed E-state index contributed by atoms with van der Waals surface area (Å²) in [5.41, 5.74) is 0. The highest BCUT2D eigenvalue weighted by molar-refractivity contribution is 7.99. The van der Waals surface area contributed by atoms with Gasteiger partial charge in [-0.3, -0.25) is 0 Å². The maximum Gasteiger partial charge on any atom is 0.242 e. The molecule has 1 N–H and O–H groups in total. The predicted octanol–water partition coefficient (Wildman–Crippen LogP) is 1.76. The molecule has 1 aromatic heterocycles. The molecule has 1 aromatic rings. The molecule has 1 heterocycles. The molecule has 90 valence electrons. The summed E-state index contributed by atoms with van der Waals surface area (Å²) in [7, 11) is -3.47. The fraction of sp³-hybridized carbons (Fsp3) is 0.444. The van der Waals surface area contributed by atoms with Gasteiger partial charge in [0.1, 0.15) is 10.0 Å². The number of pyridine rings is 1. The molecule has 0 aromatic carbocycles. The number of sulfonamides is 1. The number of thioether (sulfide) groups is 1. The Balaban J connectivity index is 2.74. The van der Waals surface area contributed by atoms with Crippen molar-refractivity contribution in [1.29, 1.82) is 0 Å². The van der Waals surface area contributed by atoms with E-state index in [0.717, 1.165) is 0 Å². The van der Waals surface area contributed by atoms with Gasteiger partial charge >= 0.3 is 0 Å². The van der Waals surface area contributed by atoms with Crippen molar-refractivity contribution in [2.45, 2.75) is 17.1 Å². The van der Waals surface area contributed by atoms with Gasteiger partial charge in [0.25, 0.3) is 0 Å². The van der Waals surface area contributed by atoms with Crippen LogP contribution < -0.4 is 4.72 Å². The molecule has 0 saturated carbocycles. The lowest BCUT2D eigenvalue weighted by atomic mass is 10.5. The Bertz CT molecular complexity index is 433. The summed E-state index contributed by atoms with van der Waals surface area (Å²) in [4.78, 5) is 3.86. The van der Waals surface area contributed by atoms with E-state index in [1.165, 1.54) is 18.3 Å². The van der Waals surface area contributed by atoms with Crippen molar-refractivity contribution in [2.75, 3.05) is 12.8 Å². The van der Waals surface area contributed by atoms with Gasteiger partial charge in [0, 0.05) is 18.0 Å². The summed E-state index contributed by atoms with van der Waals surface area (Å²) in [6, 6.07) is 2.88. The molecular weight excluding hydrogens is 268 g/mol. The van der Waals surface area contributed by atoms with Crippen LogP contribution in [0.2, 0.25) is 5.15 Å². The second-order valence-corrected chi connectivity index (χ2v) is 6.65. The van der Waals surface area contributed by atoms with E-state index in [-0.39, 0.29) is 15.3 Å². The van der Waals surface area contributed by atoms with E-state index in [0.29, 0.717) is 6.54 Å². The summed E-state index contributed by atoms with van der Waals surface area (Å²) in [5, 5.41) is 0.506. The van der Waals surface area contributed by atoms with E-state index < -0.39 is 10.0 Å². The van der Waals surface area contributed by atoms with Crippen LogP contribution in [0, 0.1) is 0 Å². The molecule has 16 heavy (non-hydrogen) atoms. The Kier molecular flexibility index (Phi) is 5.04. The van der Waals surface area contributed by atoms with Crippen LogP contribution in [0.5, 0.6) is 0 Å². The lowest BCUT2D eigenvalue weighted by molar-refractivity contribution is 0.581. The third kappa shape index (κ3) is 3.93. The van der Waals surface area contributed by atoms with Crippen molar-refractivity contribution >= 4 is 33.4 Å². The van der Waals surface area contributed by atoms with Gasteiger partial charge in [0.15, 0.2) is 0 Å². The third-order valence-electron chi connectivity index (χ3n) is 1.97. The molecule has 0 aliphatic heterocycles. The second kappa shape index (κ2) is 5.86. The molecule has 1 atom stereocenters.